The lowest BCUT2D eigenvalue weighted by Gasteiger charge is -2.61. The summed E-state index contributed by atoms with van der Waals surface area (Å²) in [7, 11) is 0. The van der Waals surface area contributed by atoms with Crippen LogP contribution in [-0.2, 0) is 5.41 Å². The van der Waals surface area contributed by atoms with Crippen LogP contribution in [0.1, 0.15) is 43.2 Å². The van der Waals surface area contributed by atoms with Gasteiger partial charge in [-0.25, -0.2) is 0 Å². The van der Waals surface area contributed by atoms with Crippen molar-refractivity contribution < 1.29 is 0 Å². The van der Waals surface area contributed by atoms with Crippen LogP contribution in [0.15, 0.2) is 127 Å². The molecule has 230 valence electrons. The quantitative estimate of drug-likeness (QED) is 0.178. The van der Waals surface area contributed by atoms with Crippen molar-refractivity contribution in [2.75, 3.05) is 0 Å². The number of hydrogen-bond acceptors (Lipinski definition) is 1. The highest BCUT2D eigenvalue weighted by Gasteiger charge is 2.61. The van der Waals surface area contributed by atoms with Gasteiger partial charge in [-0.3, -0.25) is 0 Å². The molecule has 1 spiro atoms. The monoisotopic (exact) mass is 633 g/mol. The number of hydrogen-bond donors (Lipinski definition) is 0. The third-order valence-corrected chi connectivity index (χ3v) is 14.3. The number of aromatic nitrogens is 1. The van der Waals surface area contributed by atoms with E-state index in [-0.39, 0.29) is 5.41 Å². The Morgan fingerprint density at radius 1 is 0.500 bits per heavy atom. The average molecular weight is 634 g/mol. The van der Waals surface area contributed by atoms with Crippen LogP contribution in [0.2, 0.25) is 0 Å². The minimum absolute atomic E-state index is 0.165. The molecule has 5 aliphatic rings. The zero-order chi connectivity index (χ0) is 31.1. The molecule has 8 aromatic rings. The van der Waals surface area contributed by atoms with Crippen LogP contribution < -0.4 is 0 Å². The molecule has 2 aromatic heterocycles. The van der Waals surface area contributed by atoms with Crippen molar-refractivity contribution >= 4 is 53.3 Å². The summed E-state index contributed by atoms with van der Waals surface area (Å²) >= 11 is 1.89. The van der Waals surface area contributed by atoms with Gasteiger partial charge in [0.2, 0.25) is 0 Å². The molecule has 0 atom stereocenters. The van der Waals surface area contributed by atoms with Gasteiger partial charge in [0.05, 0.1) is 11.0 Å². The molecular formula is C46H35NS. The molecular weight excluding hydrogens is 599 g/mol. The maximum Gasteiger partial charge on any atom is 0.0547 e. The first-order chi connectivity index (χ1) is 23.8. The predicted molar refractivity (Wildman–Crippen MR) is 202 cm³/mol. The lowest BCUT2D eigenvalue weighted by atomic mass is 9.43. The molecule has 0 N–H and O–H groups in total. The van der Waals surface area contributed by atoms with Crippen molar-refractivity contribution in [3.8, 4) is 27.9 Å². The van der Waals surface area contributed by atoms with Gasteiger partial charge in [0.25, 0.3) is 0 Å². The molecule has 5 aliphatic carbocycles. The van der Waals surface area contributed by atoms with E-state index < -0.39 is 0 Å². The molecule has 0 amide bonds. The molecule has 0 aliphatic heterocycles. The maximum atomic E-state index is 2.64. The third-order valence-electron chi connectivity index (χ3n) is 13.2. The topological polar surface area (TPSA) is 4.93 Å². The minimum Gasteiger partial charge on any atom is -0.309 e. The lowest BCUT2D eigenvalue weighted by molar-refractivity contribution is -0.0399. The second-order valence-electron chi connectivity index (χ2n) is 15.3. The Kier molecular flexibility index (Phi) is 5.08. The van der Waals surface area contributed by atoms with Gasteiger partial charge in [-0.15, -0.1) is 11.3 Å². The molecule has 6 aromatic carbocycles. The zero-order valence-electron chi connectivity index (χ0n) is 26.8. The number of thiophene rings is 1. The van der Waals surface area contributed by atoms with E-state index >= 15 is 0 Å². The van der Waals surface area contributed by atoms with Crippen LogP contribution in [0.5, 0.6) is 0 Å². The molecule has 2 heteroatoms. The fourth-order valence-corrected chi connectivity index (χ4v) is 12.8. The summed E-state index contributed by atoms with van der Waals surface area (Å²) in [6, 6.07) is 49.0. The minimum atomic E-state index is 0.165. The summed E-state index contributed by atoms with van der Waals surface area (Å²) in [5, 5.41) is 5.38. The van der Waals surface area contributed by atoms with Crippen LogP contribution in [0.4, 0.5) is 0 Å². The Balaban J connectivity index is 1.10. The smallest absolute Gasteiger partial charge is 0.0547 e. The lowest BCUT2D eigenvalue weighted by Crippen LogP contribution is -2.55. The maximum absolute atomic E-state index is 2.64. The van der Waals surface area contributed by atoms with Crippen molar-refractivity contribution in [3.05, 3.63) is 139 Å². The van der Waals surface area contributed by atoms with E-state index in [1.54, 1.807) is 11.1 Å². The van der Waals surface area contributed by atoms with Gasteiger partial charge in [0.15, 0.2) is 0 Å². The van der Waals surface area contributed by atoms with Crippen LogP contribution in [0.3, 0.4) is 0 Å². The zero-order valence-corrected chi connectivity index (χ0v) is 27.6. The third kappa shape index (κ3) is 3.23. The summed E-state index contributed by atoms with van der Waals surface area (Å²) in [6.45, 7) is 0. The fourth-order valence-electron chi connectivity index (χ4n) is 11.7. The number of para-hydroxylation sites is 1. The van der Waals surface area contributed by atoms with Crippen LogP contribution in [0, 0.1) is 23.7 Å². The summed E-state index contributed by atoms with van der Waals surface area (Å²) in [4.78, 5) is 0. The Bertz CT molecular complexity index is 2620. The van der Waals surface area contributed by atoms with Gasteiger partial charge in [-0.1, -0.05) is 84.9 Å². The van der Waals surface area contributed by atoms with E-state index in [0.717, 1.165) is 23.7 Å². The van der Waals surface area contributed by atoms with E-state index in [9.17, 15) is 0 Å². The SMILES string of the molecule is c1ccc2c(c1)-c1ccc(-n3c4ccccc4c4c(-c5ccc6sc7ccccc7c6c5)cccc43)cc1C21C2CC3CC(C2)CC1C3. The molecule has 0 radical (unpaired) electrons. The van der Waals surface area contributed by atoms with Crippen LogP contribution in [-0.4, -0.2) is 4.57 Å². The van der Waals surface area contributed by atoms with Gasteiger partial charge in [-0.2, -0.15) is 0 Å². The van der Waals surface area contributed by atoms with Crippen LogP contribution >= 0.6 is 11.3 Å². The van der Waals surface area contributed by atoms with E-state index in [1.807, 2.05) is 11.3 Å². The van der Waals surface area contributed by atoms with Crippen molar-refractivity contribution in [2.24, 2.45) is 23.7 Å². The van der Waals surface area contributed by atoms with Crippen molar-refractivity contribution in [3.63, 3.8) is 0 Å². The van der Waals surface area contributed by atoms with Crippen molar-refractivity contribution in [1.29, 1.82) is 0 Å². The van der Waals surface area contributed by atoms with Crippen molar-refractivity contribution in [2.45, 2.75) is 37.5 Å². The highest BCUT2D eigenvalue weighted by atomic mass is 32.1. The van der Waals surface area contributed by atoms with E-state index in [2.05, 4.69) is 132 Å². The summed E-state index contributed by atoms with van der Waals surface area (Å²) in [6.07, 6.45) is 7.12. The molecule has 4 fully saturated rings. The number of benzene rings is 6. The Labute approximate surface area is 284 Å². The second-order valence-corrected chi connectivity index (χ2v) is 16.4. The first kappa shape index (κ1) is 26.3. The largest absolute Gasteiger partial charge is 0.309 e. The molecule has 0 saturated heterocycles. The molecule has 4 saturated carbocycles. The average Bonchev–Trinajstić information content (AvgIpc) is 3.76. The van der Waals surface area contributed by atoms with Gasteiger partial charge in [-0.05, 0) is 132 Å². The Morgan fingerprint density at radius 3 is 2.06 bits per heavy atom. The number of rotatable bonds is 2. The fraction of sp³-hybridized carbons (Fsp3) is 0.217. The van der Waals surface area contributed by atoms with E-state index in [0.29, 0.717) is 0 Å². The van der Waals surface area contributed by atoms with E-state index in [4.69, 9.17) is 0 Å². The second kappa shape index (κ2) is 9.27. The number of fused-ring (bicyclic) bond motifs is 9. The Morgan fingerprint density at radius 2 is 1.19 bits per heavy atom. The van der Waals surface area contributed by atoms with Gasteiger partial charge >= 0.3 is 0 Å². The standard InChI is InChI=1S/C46H35NS/c1-4-12-39-34(8-1)35-18-17-32(26-40(35)46(39)30-21-27-20-28(23-30)24-31(46)22-27)47-41-13-5-2-10-37(41)45-33(11-7-14-42(45)47)29-16-19-44-38(25-29)36-9-3-6-15-43(36)48-44/h1-19,25-28,30-31H,20-24H2. The summed E-state index contributed by atoms with van der Waals surface area (Å²) in [5.41, 5.74) is 12.9. The molecule has 4 bridgehead atoms. The highest BCUT2D eigenvalue weighted by molar-refractivity contribution is 7.25. The molecule has 2 heterocycles. The normalized spacial score (nSPS) is 25.2. The predicted octanol–water partition coefficient (Wildman–Crippen LogP) is 12.5. The Hall–Kier alpha value is -4.66. The molecule has 1 nitrogen and oxygen atoms in total. The molecule has 48 heavy (non-hydrogen) atoms. The van der Waals surface area contributed by atoms with Crippen LogP contribution in [0.25, 0.3) is 69.9 Å². The van der Waals surface area contributed by atoms with E-state index in [1.165, 1.54) is 102 Å². The molecule has 13 rings (SSSR count). The van der Waals surface area contributed by atoms with Gasteiger partial charge in [0.1, 0.15) is 0 Å². The first-order valence-corrected chi connectivity index (χ1v) is 18.8. The number of nitrogens with zero attached hydrogens (tertiary/aromatic N) is 1. The first-order valence-electron chi connectivity index (χ1n) is 17.9. The van der Waals surface area contributed by atoms with Gasteiger partial charge < -0.3 is 4.57 Å². The highest BCUT2D eigenvalue weighted by Crippen LogP contribution is 2.69. The van der Waals surface area contributed by atoms with Gasteiger partial charge in [0, 0.05) is 42.0 Å². The summed E-state index contributed by atoms with van der Waals surface area (Å²) in [5.74, 6) is 3.41. The molecule has 0 unspecified atom stereocenters. The summed E-state index contributed by atoms with van der Waals surface area (Å²) < 4.78 is 5.28. The van der Waals surface area contributed by atoms with Crippen molar-refractivity contribution in [1.82, 2.24) is 4.57 Å².